The molecule has 156 valence electrons. The van der Waals surface area contributed by atoms with E-state index in [-0.39, 0.29) is 17.0 Å². The Balaban J connectivity index is 1.91. The van der Waals surface area contributed by atoms with Gasteiger partial charge in [-0.3, -0.25) is 19.5 Å². The molecule has 30 heavy (non-hydrogen) atoms. The van der Waals surface area contributed by atoms with Crippen LogP contribution >= 0.6 is 12.2 Å². The van der Waals surface area contributed by atoms with Gasteiger partial charge in [0.2, 0.25) is 0 Å². The molecule has 0 fully saturated rings. The standard InChI is InChI=1S/C19H19N5O4S2/c1-20-23-19(29)22-12-6-4-5-11(9-12)21-18(26)15-10-16(24-30(27)28)13-7-2-3-8-14(13)17(15)25/h2-10,20,24-25H,1H3,(H,21,26)(H,27,28)(H2,22,23,29). The van der Waals surface area contributed by atoms with E-state index in [4.69, 9.17) is 12.2 Å². The van der Waals surface area contributed by atoms with Crippen molar-refractivity contribution < 1.29 is 18.7 Å². The number of amides is 1. The van der Waals surface area contributed by atoms with Crippen LogP contribution in [0.15, 0.2) is 54.6 Å². The van der Waals surface area contributed by atoms with E-state index in [0.29, 0.717) is 27.3 Å². The number of thiocarbonyl (C=S) groups is 1. The lowest BCUT2D eigenvalue weighted by Gasteiger charge is -2.14. The first-order chi connectivity index (χ1) is 14.4. The van der Waals surface area contributed by atoms with Crippen LogP contribution in [0.25, 0.3) is 10.8 Å². The number of aromatic hydroxyl groups is 1. The maximum atomic E-state index is 12.8. The minimum atomic E-state index is -2.34. The van der Waals surface area contributed by atoms with E-state index in [2.05, 4.69) is 26.2 Å². The molecule has 1 unspecified atom stereocenters. The number of anilines is 3. The van der Waals surface area contributed by atoms with Gasteiger partial charge in [-0.1, -0.05) is 30.3 Å². The van der Waals surface area contributed by atoms with Crippen molar-refractivity contribution in [1.82, 2.24) is 10.9 Å². The van der Waals surface area contributed by atoms with Crippen molar-refractivity contribution in [1.29, 1.82) is 0 Å². The number of fused-ring (bicyclic) bond motifs is 1. The maximum absolute atomic E-state index is 12.8. The quantitative estimate of drug-likeness (QED) is 0.133. The molecule has 1 atom stereocenters. The number of hydrazine groups is 1. The summed E-state index contributed by atoms with van der Waals surface area (Å²) in [5, 5.41) is 17.5. The molecule has 1 amide bonds. The van der Waals surface area contributed by atoms with Crippen molar-refractivity contribution in [3.63, 3.8) is 0 Å². The van der Waals surface area contributed by atoms with Crippen LogP contribution in [0.3, 0.4) is 0 Å². The molecule has 9 nitrogen and oxygen atoms in total. The summed E-state index contributed by atoms with van der Waals surface area (Å²) in [6, 6.07) is 14.9. The summed E-state index contributed by atoms with van der Waals surface area (Å²) in [6.07, 6.45) is 0. The molecule has 7 N–H and O–H groups in total. The van der Waals surface area contributed by atoms with Gasteiger partial charge in [-0.15, -0.1) is 0 Å². The van der Waals surface area contributed by atoms with Crippen LogP contribution in [0.1, 0.15) is 10.4 Å². The van der Waals surface area contributed by atoms with Crippen molar-refractivity contribution in [2.75, 3.05) is 22.4 Å². The Morgan fingerprint density at radius 3 is 2.33 bits per heavy atom. The number of phenolic OH excluding ortho intramolecular Hbond substituents is 1. The van der Waals surface area contributed by atoms with Gasteiger partial charge in [-0.25, -0.2) is 9.63 Å². The Kier molecular flexibility index (Phi) is 6.79. The fourth-order valence-corrected chi connectivity index (χ4v) is 3.44. The number of phenols is 1. The van der Waals surface area contributed by atoms with Crippen molar-refractivity contribution in [3.05, 3.63) is 60.2 Å². The average Bonchev–Trinajstić information content (AvgIpc) is 2.70. The van der Waals surface area contributed by atoms with E-state index >= 15 is 0 Å². The Bertz CT molecular complexity index is 1140. The van der Waals surface area contributed by atoms with Crippen LogP contribution in [0.2, 0.25) is 0 Å². The number of rotatable bonds is 6. The van der Waals surface area contributed by atoms with E-state index in [1.807, 2.05) is 0 Å². The lowest BCUT2D eigenvalue weighted by atomic mass is 10.0. The Hall–Kier alpha value is -3.25. The normalized spacial score (nSPS) is 11.5. The van der Waals surface area contributed by atoms with Crippen molar-refractivity contribution in [2.45, 2.75) is 0 Å². The maximum Gasteiger partial charge on any atom is 0.259 e. The predicted molar refractivity (Wildman–Crippen MR) is 123 cm³/mol. The molecule has 0 radical (unpaired) electrons. The predicted octanol–water partition coefficient (Wildman–Crippen LogP) is 2.77. The summed E-state index contributed by atoms with van der Waals surface area (Å²) >= 11 is 2.75. The highest BCUT2D eigenvalue weighted by molar-refractivity contribution is 7.80. The van der Waals surface area contributed by atoms with Crippen LogP contribution in [0, 0.1) is 0 Å². The number of carbonyl (C=O) groups excluding carboxylic acids is 1. The lowest BCUT2D eigenvalue weighted by molar-refractivity contribution is 0.102. The summed E-state index contributed by atoms with van der Waals surface area (Å²) in [5.41, 5.74) is 6.72. The fraction of sp³-hybridized carbons (Fsp3) is 0.0526. The Morgan fingerprint density at radius 1 is 1.00 bits per heavy atom. The van der Waals surface area contributed by atoms with Crippen molar-refractivity contribution >= 4 is 62.3 Å². The number of nitrogens with one attached hydrogen (secondary N) is 5. The number of hydrogen-bond acceptors (Lipinski definition) is 5. The third-order valence-corrected chi connectivity index (χ3v) is 4.67. The topological polar surface area (TPSA) is 135 Å². The van der Waals surface area contributed by atoms with Crippen LogP contribution in [-0.2, 0) is 11.3 Å². The minimum absolute atomic E-state index is 0.0487. The van der Waals surface area contributed by atoms with Crippen molar-refractivity contribution in [3.8, 4) is 5.75 Å². The summed E-state index contributed by atoms with van der Waals surface area (Å²) in [4.78, 5) is 12.8. The van der Waals surface area contributed by atoms with Crippen LogP contribution in [0.5, 0.6) is 5.75 Å². The first kappa shape index (κ1) is 21.5. The van der Waals surface area contributed by atoms with E-state index in [1.54, 1.807) is 55.6 Å². The van der Waals surface area contributed by atoms with Crippen LogP contribution in [-0.4, -0.2) is 31.9 Å². The van der Waals surface area contributed by atoms with E-state index in [1.165, 1.54) is 6.07 Å². The second-order valence-electron chi connectivity index (χ2n) is 6.08. The third-order valence-electron chi connectivity index (χ3n) is 4.07. The molecule has 0 aromatic heterocycles. The molecule has 0 saturated heterocycles. The summed E-state index contributed by atoms with van der Waals surface area (Å²) in [7, 11) is 1.68. The molecule has 0 aliphatic heterocycles. The largest absolute Gasteiger partial charge is 0.506 e. The monoisotopic (exact) mass is 445 g/mol. The number of carbonyl (C=O) groups is 1. The third kappa shape index (κ3) is 5.02. The summed E-state index contributed by atoms with van der Waals surface area (Å²) in [6.45, 7) is 0. The SMILES string of the molecule is CNNC(=S)Nc1cccc(NC(=O)c2cc(NS(=O)O)c3ccccc3c2O)c1. The van der Waals surface area contributed by atoms with Crippen LogP contribution < -0.4 is 26.2 Å². The number of benzene rings is 3. The number of hydrogen-bond donors (Lipinski definition) is 7. The van der Waals surface area contributed by atoms with E-state index in [9.17, 15) is 18.7 Å². The van der Waals surface area contributed by atoms with Crippen LogP contribution in [0.4, 0.5) is 17.1 Å². The van der Waals surface area contributed by atoms with Gasteiger partial charge in [0.25, 0.3) is 17.2 Å². The fourth-order valence-electron chi connectivity index (χ4n) is 2.86. The highest BCUT2D eigenvalue weighted by Gasteiger charge is 2.18. The molecule has 0 saturated carbocycles. The molecule has 3 aromatic carbocycles. The summed E-state index contributed by atoms with van der Waals surface area (Å²) < 4.78 is 22.8. The van der Waals surface area contributed by atoms with Gasteiger partial charge in [-0.2, -0.15) is 0 Å². The Labute approximate surface area is 180 Å². The molecule has 0 aliphatic rings. The molecule has 0 aliphatic carbocycles. The average molecular weight is 446 g/mol. The molecule has 0 spiro atoms. The zero-order chi connectivity index (χ0) is 21.7. The van der Waals surface area contributed by atoms with E-state index < -0.39 is 17.2 Å². The van der Waals surface area contributed by atoms with Gasteiger partial charge >= 0.3 is 0 Å². The second-order valence-corrected chi connectivity index (χ2v) is 7.19. The highest BCUT2D eigenvalue weighted by atomic mass is 32.2. The second kappa shape index (κ2) is 9.50. The van der Waals surface area contributed by atoms with Gasteiger partial charge in [-0.05, 0) is 36.5 Å². The smallest absolute Gasteiger partial charge is 0.259 e. The van der Waals surface area contributed by atoms with Gasteiger partial charge < -0.3 is 15.7 Å². The van der Waals surface area contributed by atoms with E-state index in [0.717, 1.165) is 0 Å². The molecule has 0 bridgehead atoms. The van der Waals surface area contributed by atoms with Gasteiger partial charge in [0.1, 0.15) is 5.75 Å². The molecular weight excluding hydrogens is 426 g/mol. The zero-order valence-electron chi connectivity index (χ0n) is 15.7. The molecule has 11 heteroatoms. The molecular formula is C19H19N5O4S2. The van der Waals surface area contributed by atoms with Gasteiger partial charge in [0.15, 0.2) is 5.11 Å². The molecule has 3 rings (SSSR count). The summed E-state index contributed by atoms with van der Waals surface area (Å²) in [5.74, 6) is -0.816. The van der Waals surface area contributed by atoms with Gasteiger partial charge in [0, 0.05) is 29.2 Å². The zero-order valence-corrected chi connectivity index (χ0v) is 17.4. The first-order valence-corrected chi connectivity index (χ1v) is 10.2. The first-order valence-electron chi connectivity index (χ1n) is 8.66. The molecule has 0 heterocycles. The Morgan fingerprint density at radius 2 is 1.67 bits per heavy atom. The lowest BCUT2D eigenvalue weighted by Crippen LogP contribution is -2.37. The highest BCUT2D eigenvalue weighted by Crippen LogP contribution is 2.35. The van der Waals surface area contributed by atoms with Crippen molar-refractivity contribution in [2.24, 2.45) is 0 Å². The minimum Gasteiger partial charge on any atom is -0.506 e. The van der Waals surface area contributed by atoms with Gasteiger partial charge in [0.05, 0.1) is 11.3 Å². The molecule has 3 aromatic rings.